The van der Waals surface area contributed by atoms with Gasteiger partial charge in [-0.05, 0) is 48.9 Å². The van der Waals surface area contributed by atoms with Gasteiger partial charge < -0.3 is 19.4 Å². The van der Waals surface area contributed by atoms with E-state index >= 15 is 0 Å². The van der Waals surface area contributed by atoms with E-state index in [1.54, 1.807) is 66.5 Å². The highest BCUT2D eigenvalue weighted by Crippen LogP contribution is 2.29. The molecular formula is C22H20Cl2N2O4. The Morgan fingerprint density at radius 1 is 1.13 bits per heavy atom. The summed E-state index contributed by atoms with van der Waals surface area (Å²) < 4.78 is 10.7. The zero-order chi connectivity index (χ0) is 21.7. The molecule has 0 fully saturated rings. The van der Waals surface area contributed by atoms with Crippen LogP contribution >= 0.6 is 23.2 Å². The summed E-state index contributed by atoms with van der Waals surface area (Å²) in [6, 6.07) is 14.9. The van der Waals surface area contributed by atoms with Crippen molar-refractivity contribution in [3.63, 3.8) is 0 Å². The molecule has 3 aromatic rings. The second-order valence-corrected chi connectivity index (χ2v) is 7.44. The van der Waals surface area contributed by atoms with Crippen molar-refractivity contribution < 1.29 is 18.7 Å². The van der Waals surface area contributed by atoms with Crippen LogP contribution in [0.15, 0.2) is 65.3 Å². The number of carbonyl (C=O) groups excluding carboxylic acids is 2. The largest absolute Gasteiger partial charge is 0.484 e. The molecule has 8 heteroatoms. The number of nitrogens with zero attached hydrogens (tertiary/aromatic N) is 1. The van der Waals surface area contributed by atoms with Crippen LogP contribution < -0.4 is 10.1 Å². The molecule has 0 aliphatic heterocycles. The minimum Gasteiger partial charge on any atom is -0.484 e. The molecule has 0 bridgehead atoms. The SMILES string of the molecule is CC(c1ccc(Cl)cc1Cl)N(C)C(=O)COc1cccc(NC(=O)c2ccco2)c1. The Bertz CT molecular complexity index is 1040. The standard InChI is InChI=1S/C22H20Cl2N2O4/c1-14(18-9-8-15(23)11-19(18)24)26(2)21(27)13-30-17-6-3-5-16(12-17)25-22(28)20-7-4-10-29-20/h3-12,14H,13H2,1-2H3,(H,25,28). The van der Waals surface area contributed by atoms with Crippen LogP contribution in [0.3, 0.4) is 0 Å². The molecule has 0 aliphatic carbocycles. The molecule has 1 heterocycles. The lowest BCUT2D eigenvalue weighted by atomic mass is 10.1. The van der Waals surface area contributed by atoms with E-state index in [-0.39, 0.29) is 30.2 Å². The van der Waals surface area contributed by atoms with Gasteiger partial charge in [0.25, 0.3) is 11.8 Å². The Balaban J connectivity index is 1.59. The summed E-state index contributed by atoms with van der Waals surface area (Å²) in [5, 5.41) is 3.74. The minimum atomic E-state index is -0.373. The van der Waals surface area contributed by atoms with Crippen LogP contribution in [0, 0.1) is 0 Å². The van der Waals surface area contributed by atoms with Gasteiger partial charge in [-0.3, -0.25) is 9.59 Å². The van der Waals surface area contributed by atoms with E-state index in [0.717, 1.165) is 5.56 Å². The number of carbonyl (C=O) groups is 2. The van der Waals surface area contributed by atoms with Crippen molar-refractivity contribution in [3.05, 3.63) is 82.2 Å². The van der Waals surface area contributed by atoms with Crippen molar-refractivity contribution in [2.24, 2.45) is 0 Å². The number of benzene rings is 2. The van der Waals surface area contributed by atoms with Gasteiger partial charge >= 0.3 is 0 Å². The zero-order valence-electron chi connectivity index (χ0n) is 16.4. The van der Waals surface area contributed by atoms with E-state index in [9.17, 15) is 9.59 Å². The predicted octanol–water partition coefficient (Wildman–Crippen LogP) is 5.44. The van der Waals surface area contributed by atoms with Crippen LogP contribution in [-0.4, -0.2) is 30.4 Å². The second-order valence-electron chi connectivity index (χ2n) is 6.59. The number of nitrogens with one attached hydrogen (secondary N) is 1. The molecule has 0 radical (unpaired) electrons. The summed E-state index contributed by atoms with van der Waals surface area (Å²) in [4.78, 5) is 26.2. The van der Waals surface area contributed by atoms with Gasteiger partial charge in [0.2, 0.25) is 0 Å². The normalized spacial score (nSPS) is 11.6. The number of hydrogen-bond acceptors (Lipinski definition) is 4. The van der Waals surface area contributed by atoms with Gasteiger partial charge in [0.05, 0.1) is 12.3 Å². The first-order valence-corrected chi connectivity index (χ1v) is 9.89. The maximum Gasteiger partial charge on any atom is 0.291 e. The van der Waals surface area contributed by atoms with E-state index in [4.69, 9.17) is 32.4 Å². The van der Waals surface area contributed by atoms with Gasteiger partial charge in [0.1, 0.15) is 5.75 Å². The lowest BCUT2D eigenvalue weighted by molar-refractivity contribution is -0.134. The third-order valence-corrected chi connectivity index (χ3v) is 5.15. The molecule has 3 rings (SSSR count). The van der Waals surface area contributed by atoms with Gasteiger partial charge in [-0.1, -0.05) is 35.3 Å². The lowest BCUT2D eigenvalue weighted by Gasteiger charge is -2.26. The first-order chi connectivity index (χ1) is 14.3. The predicted molar refractivity (Wildman–Crippen MR) is 116 cm³/mol. The first-order valence-electron chi connectivity index (χ1n) is 9.13. The Hall–Kier alpha value is -2.96. The van der Waals surface area contributed by atoms with E-state index in [2.05, 4.69) is 5.32 Å². The molecule has 2 amide bonds. The van der Waals surface area contributed by atoms with Gasteiger partial charge in [-0.25, -0.2) is 0 Å². The smallest absolute Gasteiger partial charge is 0.291 e. The first kappa shape index (κ1) is 21.7. The molecular weight excluding hydrogens is 427 g/mol. The summed E-state index contributed by atoms with van der Waals surface area (Å²) in [6.45, 7) is 1.71. The summed E-state index contributed by atoms with van der Waals surface area (Å²) >= 11 is 12.2. The molecule has 2 aromatic carbocycles. The van der Waals surface area contributed by atoms with E-state index in [0.29, 0.717) is 21.5 Å². The molecule has 1 N–H and O–H groups in total. The average Bonchev–Trinajstić information content (AvgIpc) is 3.26. The van der Waals surface area contributed by atoms with Crippen LogP contribution in [0.4, 0.5) is 5.69 Å². The minimum absolute atomic E-state index is 0.165. The van der Waals surface area contributed by atoms with Crippen molar-refractivity contribution in [1.82, 2.24) is 4.90 Å². The van der Waals surface area contributed by atoms with E-state index in [1.165, 1.54) is 6.26 Å². The monoisotopic (exact) mass is 446 g/mol. The number of halogens is 2. The number of furan rings is 1. The van der Waals surface area contributed by atoms with Crippen LogP contribution in [0.2, 0.25) is 10.0 Å². The Morgan fingerprint density at radius 2 is 1.93 bits per heavy atom. The lowest BCUT2D eigenvalue weighted by Crippen LogP contribution is -2.33. The van der Waals surface area contributed by atoms with Crippen molar-refractivity contribution >= 4 is 40.7 Å². The van der Waals surface area contributed by atoms with Crippen LogP contribution in [0.1, 0.15) is 29.1 Å². The molecule has 6 nitrogen and oxygen atoms in total. The fraction of sp³-hybridized carbons (Fsp3) is 0.182. The molecule has 30 heavy (non-hydrogen) atoms. The van der Waals surface area contributed by atoms with Gasteiger partial charge in [-0.2, -0.15) is 0 Å². The fourth-order valence-corrected chi connectivity index (χ4v) is 3.34. The molecule has 0 aliphatic rings. The molecule has 0 saturated heterocycles. The van der Waals surface area contributed by atoms with E-state index in [1.807, 2.05) is 6.92 Å². The van der Waals surface area contributed by atoms with Crippen molar-refractivity contribution in [2.75, 3.05) is 19.0 Å². The number of rotatable bonds is 7. The summed E-state index contributed by atoms with van der Waals surface area (Å²) in [7, 11) is 1.68. The highest BCUT2D eigenvalue weighted by molar-refractivity contribution is 6.35. The molecule has 1 aromatic heterocycles. The van der Waals surface area contributed by atoms with Gasteiger partial charge in [0, 0.05) is 28.8 Å². The summed E-state index contributed by atoms with van der Waals surface area (Å²) in [5.74, 6) is 0.0549. The third-order valence-electron chi connectivity index (χ3n) is 4.59. The molecule has 1 unspecified atom stereocenters. The zero-order valence-corrected chi connectivity index (χ0v) is 17.9. The average molecular weight is 447 g/mol. The van der Waals surface area contributed by atoms with Gasteiger partial charge in [0.15, 0.2) is 12.4 Å². The second kappa shape index (κ2) is 9.69. The maximum atomic E-state index is 12.6. The number of ether oxygens (including phenoxy) is 1. The Kier molecular flexibility index (Phi) is 7.03. The molecule has 156 valence electrons. The summed E-state index contributed by atoms with van der Waals surface area (Å²) in [6.07, 6.45) is 1.43. The Morgan fingerprint density at radius 3 is 2.63 bits per heavy atom. The van der Waals surface area contributed by atoms with Crippen LogP contribution in [0.5, 0.6) is 5.75 Å². The van der Waals surface area contributed by atoms with Crippen LogP contribution in [0.25, 0.3) is 0 Å². The van der Waals surface area contributed by atoms with Gasteiger partial charge in [-0.15, -0.1) is 0 Å². The number of amides is 2. The number of anilines is 1. The number of likely N-dealkylation sites (N-methyl/N-ethyl adjacent to an activating group) is 1. The van der Waals surface area contributed by atoms with Crippen molar-refractivity contribution in [2.45, 2.75) is 13.0 Å². The highest BCUT2D eigenvalue weighted by Gasteiger charge is 2.20. The van der Waals surface area contributed by atoms with Crippen LogP contribution in [-0.2, 0) is 4.79 Å². The topological polar surface area (TPSA) is 71.8 Å². The quantitative estimate of drug-likeness (QED) is 0.524. The maximum absolute atomic E-state index is 12.6. The third kappa shape index (κ3) is 5.34. The molecule has 1 atom stereocenters. The number of hydrogen-bond donors (Lipinski definition) is 1. The highest BCUT2D eigenvalue weighted by atomic mass is 35.5. The van der Waals surface area contributed by atoms with E-state index < -0.39 is 0 Å². The molecule has 0 saturated carbocycles. The van der Waals surface area contributed by atoms with Crippen molar-refractivity contribution in [3.8, 4) is 5.75 Å². The van der Waals surface area contributed by atoms with Crippen molar-refractivity contribution in [1.29, 1.82) is 0 Å². The fourth-order valence-electron chi connectivity index (χ4n) is 2.78. The Labute approximate surface area is 184 Å². The summed E-state index contributed by atoms with van der Waals surface area (Å²) in [5.41, 5.74) is 1.32. The molecule has 0 spiro atoms.